The van der Waals surface area contributed by atoms with Crippen LogP contribution in [-0.4, -0.2) is 49.9 Å². The molecule has 1 atom stereocenters. The van der Waals surface area contributed by atoms with Crippen LogP contribution in [0.2, 0.25) is 5.82 Å². The van der Waals surface area contributed by atoms with Gasteiger partial charge in [-0.1, -0.05) is 19.1 Å². The van der Waals surface area contributed by atoms with E-state index in [-0.39, 0.29) is 41.7 Å². The van der Waals surface area contributed by atoms with Crippen molar-refractivity contribution in [2.75, 3.05) is 20.0 Å². The summed E-state index contributed by atoms with van der Waals surface area (Å²) < 4.78 is 21.0. The number of Topliss-reactive ketones (excluding diaryl/α,β-unsaturated/α-hetero) is 1. The topological polar surface area (TPSA) is 108 Å². The van der Waals surface area contributed by atoms with Gasteiger partial charge in [0.05, 0.1) is 0 Å². The summed E-state index contributed by atoms with van der Waals surface area (Å²) in [5.74, 6) is -0.928. The molecule has 0 unspecified atom stereocenters. The van der Waals surface area contributed by atoms with Gasteiger partial charge in [-0.15, -0.1) is 0 Å². The summed E-state index contributed by atoms with van der Waals surface area (Å²) in [5.41, 5.74) is 0.876. The number of ketones is 1. The summed E-state index contributed by atoms with van der Waals surface area (Å²) in [5, 5.41) is 10.3. The molecule has 2 aliphatic heterocycles. The molecule has 1 aromatic carbocycles. The van der Waals surface area contributed by atoms with Gasteiger partial charge in [0.25, 0.3) is 0 Å². The van der Waals surface area contributed by atoms with Crippen LogP contribution >= 0.6 is 0 Å². The number of para-hydroxylation sites is 1. The normalized spacial score (nSPS) is 18.6. The molecule has 168 valence electrons. The third kappa shape index (κ3) is 6.55. The molecule has 2 heterocycles. The van der Waals surface area contributed by atoms with Crippen LogP contribution < -0.4 is 4.65 Å². The van der Waals surface area contributed by atoms with E-state index in [1.807, 2.05) is 6.92 Å². The molecule has 8 nitrogen and oxygen atoms in total. The Hall–Kier alpha value is -2.39. The smallest absolute Gasteiger partial charge is 0.526 e. The molecule has 31 heavy (non-hydrogen) atoms. The van der Waals surface area contributed by atoms with Crippen LogP contribution in [0.15, 0.2) is 18.2 Å². The predicted octanol–water partition coefficient (Wildman–Crippen LogP) is 2.71. The Labute approximate surface area is 182 Å². The van der Waals surface area contributed by atoms with Gasteiger partial charge in [0, 0.05) is 38.3 Å². The average molecular weight is 432 g/mol. The van der Waals surface area contributed by atoms with Crippen molar-refractivity contribution >= 4 is 24.8 Å². The van der Waals surface area contributed by atoms with Crippen LogP contribution in [0.4, 0.5) is 0 Å². The van der Waals surface area contributed by atoms with Crippen LogP contribution in [0.25, 0.3) is 0 Å². The van der Waals surface area contributed by atoms with Gasteiger partial charge in [0.1, 0.15) is 17.1 Å². The number of benzene rings is 1. The molecule has 9 heteroatoms. The molecular weight excluding hydrogens is 403 g/mol. The Kier molecular flexibility index (Phi) is 8.48. The van der Waals surface area contributed by atoms with Crippen molar-refractivity contribution in [3.63, 3.8) is 0 Å². The maximum absolute atomic E-state index is 12.5. The fourth-order valence-electron chi connectivity index (χ4n) is 3.96. The monoisotopic (exact) mass is 432 g/mol. The molecule has 0 saturated carbocycles. The first-order valence-corrected chi connectivity index (χ1v) is 10.9. The van der Waals surface area contributed by atoms with Crippen molar-refractivity contribution in [2.24, 2.45) is 5.92 Å². The van der Waals surface area contributed by atoms with E-state index in [0.717, 1.165) is 24.8 Å². The van der Waals surface area contributed by atoms with E-state index in [0.29, 0.717) is 26.1 Å². The predicted molar refractivity (Wildman–Crippen MR) is 112 cm³/mol. The van der Waals surface area contributed by atoms with Gasteiger partial charge in [0.15, 0.2) is 0 Å². The molecule has 0 bridgehead atoms. The van der Waals surface area contributed by atoms with Gasteiger partial charge in [-0.25, -0.2) is 4.79 Å². The largest absolute Gasteiger partial charge is 0.535 e. The number of ether oxygens (including phenoxy) is 3. The Bertz CT molecular complexity index is 790. The van der Waals surface area contributed by atoms with Gasteiger partial charge in [0.2, 0.25) is 6.79 Å². The number of carbonyl (C=O) groups is 3. The molecule has 1 aromatic rings. The minimum Gasteiger partial charge on any atom is -0.535 e. The van der Waals surface area contributed by atoms with Gasteiger partial charge in [-0.3, -0.25) is 9.59 Å². The second-order valence-corrected chi connectivity index (χ2v) is 8.09. The van der Waals surface area contributed by atoms with Crippen molar-refractivity contribution in [3.05, 3.63) is 29.3 Å². The van der Waals surface area contributed by atoms with E-state index in [4.69, 9.17) is 18.9 Å². The zero-order valence-corrected chi connectivity index (χ0v) is 17.8. The molecule has 1 N–H and O–H groups in total. The lowest BCUT2D eigenvalue weighted by atomic mass is 9.64. The fraction of sp³-hybridized carbons (Fsp3) is 0.591. The first-order chi connectivity index (χ1) is 15.0. The fourth-order valence-corrected chi connectivity index (χ4v) is 3.96. The second kappa shape index (κ2) is 11.3. The second-order valence-electron chi connectivity index (χ2n) is 8.09. The lowest BCUT2D eigenvalue weighted by Crippen LogP contribution is -2.36. The molecule has 0 aliphatic carbocycles. The third-order valence-electron chi connectivity index (χ3n) is 5.67. The zero-order chi connectivity index (χ0) is 22.2. The maximum atomic E-state index is 12.5. The Morgan fingerprint density at radius 3 is 2.68 bits per heavy atom. The molecule has 1 fully saturated rings. The highest BCUT2D eigenvalue weighted by Gasteiger charge is 2.37. The van der Waals surface area contributed by atoms with Gasteiger partial charge in [-0.2, -0.15) is 0 Å². The molecular formula is C22H29BO8. The summed E-state index contributed by atoms with van der Waals surface area (Å²) in [7, 11) is -1.18. The number of rotatable bonds is 9. The van der Waals surface area contributed by atoms with Crippen LogP contribution in [0.3, 0.4) is 0 Å². The van der Waals surface area contributed by atoms with E-state index >= 15 is 0 Å². The summed E-state index contributed by atoms with van der Waals surface area (Å²) in [4.78, 5) is 36.4. The highest BCUT2D eigenvalue weighted by Crippen LogP contribution is 2.36. The Morgan fingerprint density at radius 2 is 1.94 bits per heavy atom. The van der Waals surface area contributed by atoms with E-state index in [1.54, 1.807) is 12.1 Å². The molecule has 1 saturated heterocycles. The summed E-state index contributed by atoms with van der Waals surface area (Å²) >= 11 is 0. The van der Waals surface area contributed by atoms with Gasteiger partial charge < -0.3 is 23.9 Å². The van der Waals surface area contributed by atoms with E-state index in [9.17, 15) is 19.4 Å². The van der Waals surface area contributed by atoms with Crippen LogP contribution in [0.5, 0.6) is 5.75 Å². The van der Waals surface area contributed by atoms with Crippen LogP contribution in [0.1, 0.15) is 61.4 Å². The first kappa shape index (κ1) is 23.3. The molecule has 0 aromatic heterocycles. The number of carbonyl (C=O) groups excluding carboxylic acids is 3. The molecule has 0 amide bonds. The number of fused-ring (bicyclic) bond motifs is 1. The Balaban J connectivity index is 1.53. The van der Waals surface area contributed by atoms with Crippen molar-refractivity contribution in [1.29, 1.82) is 0 Å². The van der Waals surface area contributed by atoms with Crippen molar-refractivity contribution in [3.8, 4) is 5.75 Å². The lowest BCUT2D eigenvalue weighted by Gasteiger charge is -2.28. The highest BCUT2D eigenvalue weighted by atomic mass is 16.7. The minimum atomic E-state index is -1.18. The van der Waals surface area contributed by atoms with Crippen molar-refractivity contribution < 1.29 is 38.3 Å². The molecule has 0 radical (unpaired) electrons. The third-order valence-corrected chi connectivity index (χ3v) is 5.67. The average Bonchev–Trinajstić information content (AvgIpc) is 2.74. The zero-order valence-electron chi connectivity index (χ0n) is 17.8. The minimum absolute atomic E-state index is 0.0803. The van der Waals surface area contributed by atoms with E-state index in [2.05, 4.69) is 0 Å². The van der Waals surface area contributed by atoms with Gasteiger partial charge >= 0.3 is 19.1 Å². The van der Waals surface area contributed by atoms with Crippen molar-refractivity contribution in [2.45, 2.75) is 57.7 Å². The van der Waals surface area contributed by atoms with Crippen molar-refractivity contribution in [1.82, 2.24) is 0 Å². The molecule has 2 aliphatic rings. The summed E-state index contributed by atoms with van der Waals surface area (Å²) in [6.45, 7) is 2.74. The van der Waals surface area contributed by atoms with Crippen LogP contribution in [0, 0.1) is 5.92 Å². The van der Waals surface area contributed by atoms with Gasteiger partial charge in [-0.05, 0) is 43.2 Å². The number of hydrogen-bond donors (Lipinski definition) is 1. The number of hydrogen-bond acceptors (Lipinski definition) is 8. The number of esters is 2. The van der Waals surface area contributed by atoms with Crippen LogP contribution in [-0.2, 0) is 30.2 Å². The summed E-state index contributed by atoms with van der Waals surface area (Å²) in [6, 6.07) is 5.02. The molecule has 3 rings (SSSR count). The quantitative estimate of drug-likeness (QED) is 0.361. The maximum Gasteiger partial charge on any atom is 0.526 e. The molecule has 0 spiro atoms. The lowest BCUT2D eigenvalue weighted by molar-refractivity contribution is -0.154. The summed E-state index contributed by atoms with van der Waals surface area (Å²) in [6.07, 6.45) is 3.78. The standard InChI is InChI=1S/C22H29BO8/c1-2-4-18(24)13-17-12-16-5-3-6-19(21(16)31-23(17)27)22(26)30-14-29-20(25)11-15-7-9-28-10-8-15/h3,5-6,15,17,27H,2,4,7-14H2,1H3/t17-/m1/s1. The Morgan fingerprint density at radius 1 is 1.16 bits per heavy atom. The highest BCUT2D eigenvalue weighted by molar-refractivity contribution is 6.47. The van der Waals surface area contributed by atoms with E-state index < -0.39 is 25.8 Å². The first-order valence-electron chi connectivity index (χ1n) is 10.9. The van der Waals surface area contributed by atoms with E-state index in [1.165, 1.54) is 6.07 Å². The SMILES string of the molecule is CCCC(=O)C[C@H]1Cc2cccc(C(=O)OCOC(=O)CC3CCOCC3)c2OB1O.